The number of nitrogens with one attached hydrogen (secondary N) is 1. The molecular weight excluding hydrogens is 220 g/mol. The summed E-state index contributed by atoms with van der Waals surface area (Å²) in [5.41, 5.74) is 0.173. The molecule has 92 valence electrons. The molecule has 0 atom stereocenters. The Kier molecular flexibility index (Phi) is 3.28. The van der Waals surface area contributed by atoms with Gasteiger partial charge in [-0.2, -0.15) is 0 Å². The number of benzene rings is 1. The molecule has 1 aliphatic rings. The third-order valence-corrected chi connectivity index (χ3v) is 3.36. The Balaban J connectivity index is 2.26. The smallest absolute Gasteiger partial charge is 0.292 e. The number of aliphatic hydroxyl groups is 1. The van der Waals surface area contributed by atoms with Crippen LogP contribution in [0.1, 0.15) is 25.7 Å². The summed E-state index contributed by atoms with van der Waals surface area (Å²) in [4.78, 5) is 10.5. The highest BCUT2D eigenvalue weighted by atomic mass is 16.6. The largest absolute Gasteiger partial charge is 0.394 e. The summed E-state index contributed by atoms with van der Waals surface area (Å²) in [5, 5.41) is 23.5. The maximum atomic E-state index is 10.9. The minimum Gasteiger partial charge on any atom is -0.394 e. The van der Waals surface area contributed by atoms with Crippen LogP contribution in [0.15, 0.2) is 24.3 Å². The summed E-state index contributed by atoms with van der Waals surface area (Å²) in [6.07, 6.45) is 3.81. The molecule has 2 rings (SSSR count). The maximum absolute atomic E-state index is 10.9. The molecule has 1 fully saturated rings. The lowest BCUT2D eigenvalue weighted by Gasteiger charge is -2.28. The molecule has 0 saturated heterocycles. The second-order valence-corrected chi connectivity index (χ2v) is 4.54. The molecule has 0 aliphatic heterocycles. The van der Waals surface area contributed by atoms with Gasteiger partial charge >= 0.3 is 0 Å². The number of nitro benzene ring substituents is 1. The van der Waals surface area contributed by atoms with Crippen LogP contribution in [0.5, 0.6) is 0 Å². The van der Waals surface area contributed by atoms with Crippen LogP contribution >= 0.6 is 0 Å². The number of nitrogens with zero attached hydrogens (tertiary/aromatic N) is 1. The van der Waals surface area contributed by atoms with Gasteiger partial charge in [0, 0.05) is 6.07 Å². The van der Waals surface area contributed by atoms with Crippen LogP contribution in [0.3, 0.4) is 0 Å². The zero-order chi connectivity index (χ0) is 12.3. The van der Waals surface area contributed by atoms with Crippen LogP contribution in [-0.4, -0.2) is 22.2 Å². The van der Waals surface area contributed by atoms with Crippen molar-refractivity contribution < 1.29 is 10.0 Å². The third kappa shape index (κ3) is 2.39. The number of para-hydroxylation sites is 2. The first-order valence-electron chi connectivity index (χ1n) is 5.79. The van der Waals surface area contributed by atoms with E-state index < -0.39 is 4.92 Å². The van der Waals surface area contributed by atoms with Gasteiger partial charge in [0.25, 0.3) is 5.69 Å². The Morgan fingerprint density at radius 1 is 1.35 bits per heavy atom. The van der Waals surface area contributed by atoms with Gasteiger partial charge in [0.2, 0.25) is 0 Å². The van der Waals surface area contributed by atoms with Crippen molar-refractivity contribution in [3.63, 3.8) is 0 Å². The standard InChI is InChI=1S/C12H16N2O3/c15-9-12(7-3-4-8-12)13-10-5-1-2-6-11(10)14(16)17/h1-2,5-6,13,15H,3-4,7-9H2. The molecule has 0 aromatic heterocycles. The summed E-state index contributed by atoms with van der Waals surface area (Å²) < 4.78 is 0. The average molecular weight is 236 g/mol. The first kappa shape index (κ1) is 11.9. The van der Waals surface area contributed by atoms with E-state index in [-0.39, 0.29) is 17.8 Å². The zero-order valence-electron chi connectivity index (χ0n) is 9.56. The van der Waals surface area contributed by atoms with E-state index in [0.29, 0.717) is 5.69 Å². The van der Waals surface area contributed by atoms with Crippen molar-refractivity contribution in [3.8, 4) is 0 Å². The lowest BCUT2D eigenvalue weighted by Crippen LogP contribution is -2.39. The van der Waals surface area contributed by atoms with Gasteiger partial charge in [0.05, 0.1) is 17.1 Å². The van der Waals surface area contributed by atoms with Gasteiger partial charge in [0.1, 0.15) is 5.69 Å². The molecule has 1 saturated carbocycles. The highest BCUT2D eigenvalue weighted by molar-refractivity contribution is 5.62. The van der Waals surface area contributed by atoms with E-state index in [1.807, 2.05) is 0 Å². The quantitative estimate of drug-likeness (QED) is 0.621. The second kappa shape index (κ2) is 4.71. The van der Waals surface area contributed by atoms with Gasteiger partial charge in [-0.3, -0.25) is 10.1 Å². The monoisotopic (exact) mass is 236 g/mol. The van der Waals surface area contributed by atoms with Crippen LogP contribution in [0.4, 0.5) is 11.4 Å². The van der Waals surface area contributed by atoms with E-state index in [1.165, 1.54) is 6.07 Å². The van der Waals surface area contributed by atoms with Crippen molar-refractivity contribution in [1.82, 2.24) is 0 Å². The molecule has 1 aliphatic carbocycles. The number of rotatable bonds is 4. The van der Waals surface area contributed by atoms with Gasteiger partial charge in [-0.25, -0.2) is 0 Å². The molecule has 5 nitrogen and oxygen atoms in total. The molecular formula is C12H16N2O3. The summed E-state index contributed by atoms with van der Waals surface area (Å²) in [6, 6.07) is 6.56. The van der Waals surface area contributed by atoms with Gasteiger partial charge in [0.15, 0.2) is 0 Å². The van der Waals surface area contributed by atoms with Crippen molar-refractivity contribution in [2.75, 3.05) is 11.9 Å². The minimum absolute atomic E-state index is 0.0129. The Hall–Kier alpha value is -1.62. The number of hydrogen-bond donors (Lipinski definition) is 2. The zero-order valence-corrected chi connectivity index (χ0v) is 9.56. The molecule has 1 aromatic rings. The fourth-order valence-electron chi connectivity index (χ4n) is 2.40. The minimum atomic E-state index is -0.400. The van der Waals surface area contributed by atoms with Crippen molar-refractivity contribution in [3.05, 3.63) is 34.4 Å². The Morgan fingerprint density at radius 2 is 2.00 bits per heavy atom. The molecule has 0 unspecified atom stereocenters. The van der Waals surface area contributed by atoms with Crippen molar-refractivity contribution in [1.29, 1.82) is 0 Å². The van der Waals surface area contributed by atoms with E-state index >= 15 is 0 Å². The molecule has 17 heavy (non-hydrogen) atoms. The first-order valence-corrected chi connectivity index (χ1v) is 5.79. The van der Waals surface area contributed by atoms with Crippen molar-refractivity contribution in [2.45, 2.75) is 31.2 Å². The van der Waals surface area contributed by atoms with Crippen LogP contribution in [0.2, 0.25) is 0 Å². The predicted molar refractivity (Wildman–Crippen MR) is 65.0 cm³/mol. The second-order valence-electron chi connectivity index (χ2n) is 4.54. The van der Waals surface area contributed by atoms with Crippen LogP contribution in [0, 0.1) is 10.1 Å². The van der Waals surface area contributed by atoms with E-state index in [4.69, 9.17) is 0 Å². The topological polar surface area (TPSA) is 75.4 Å². The van der Waals surface area contributed by atoms with Crippen molar-refractivity contribution >= 4 is 11.4 Å². The SMILES string of the molecule is O=[N+]([O-])c1ccccc1NC1(CO)CCCC1. The fourth-order valence-corrected chi connectivity index (χ4v) is 2.40. The van der Waals surface area contributed by atoms with Crippen LogP contribution in [0.25, 0.3) is 0 Å². The lowest BCUT2D eigenvalue weighted by molar-refractivity contribution is -0.384. The van der Waals surface area contributed by atoms with Gasteiger partial charge in [-0.15, -0.1) is 0 Å². The molecule has 0 radical (unpaired) electrons. The lowest BCUT2D eigenvalue weighted by atomic mass is 9.98. The van der Waals surface area contributed by atoms with E-state index in [0.717, 1.165) is 25.7 Å². The van der Waals surface area contributed by atoms with Crippen LogP contribution < -0.4 is 5.32 Å². The molecule has 0 spiro atoms. The number of hydrogen-bond acceptors (Lipinski definition) is 4. The van der Waals surface area contributed by atoms with Crippen LogP contribution in [-0.2, 0) is 0 Å². The highest BCUT2D eigenvalue weighted by Crippen LogP contribution is 2.35. The molecule has 2 N–H and O–H groups in total. The summed E-state index contributed by atoms with van der Waals surface area (Å²) >= 11 is 0. The molecule has 0 bridgehead atoms. The molecule has 1 aromatic carbocycles. The third-order valence-electron chi connectivity index (χ3n) is 3.36. The number of nitro groups is 1. The number of aliphatic hydroxyl groups excluding tert-OH is 1. The highest BCUT2D eigenvalue weighted by Gasteiger charge is 2.34. The summed E-state index contributed by atoms with van der Waals surface area (Å²) in [7, 11) is 0. The van der Waals surface area contributed by atoms with Gasteiger partial charge in [-0.05, 0) is 18.9 Å². The fraction of sp³-hybridized carbons (Fsp3) is 0.500. The van der Waals surface area contributed by atoms with E-state index in [1.54, 1.807) is 18.2 Å². The summed E-state index contributed by atoms with van der Waals surface area (Å²) in [6.45, 7) is 0.0129. The van der Waals surface area contributed by atoms with E-state index in [2.05, 4.69) is 5.32 Å². The maximum Gasteiger partial charge on any atom is 0.292 e. The summed E-state index contributed by atoms with van der Waals surface area (Å²) in [5.74, 6) is 0. The Morgan fingerprint density at radius 3 is 2.59 bits per heavy atom. The average Bonchev–Trinajstić information content (AvgIpc) is 2.79. The number of anilines is 1. The van der Waals surface area contributed by atoms with Gasteiger partial charge in [-0.1, -0.05) is 25.0 Å². The normalized spacial score (nSPS) is 17.9. The van der Waals surface area contributed by atoms with E-state index in [9.17, 15) is 15.2 Å². The molecule has 5 heteroatoms. The predicted octanol–water partition coefficient (Wildman–Crippen LogP) is 2.31. The molecule has 0 heterocycles. The van der Waals surface area contributed by atoms with Crippen molar-refractivity contribution in [2.24, 2.45) is 0 Å². The Labute approximate surface area is 99.6 Å². The Bertz CT molecular complexity index is 414. The van der Waals surface area contributed by atoms with Gasteiger partial charge < -0.3 is 10.4 Å². The first-order chi connectivity index (χ1) is 8.17. The molecule has 0 amide bonds.